The van der Waals surface area contributed by atoms with Gasteiger partial charge in [0.2, 0.25) is 11.8 Å². The minimum absolute atomic E-state index is 0.0494. The average Bonchev–Trinajstić information content (AvgIpc) is 3.44. The van der Waals surface area contributed by atoms with Crippen LogP contribution >= 0.6 is 0 Å². The zero-order valence-electron chi connectivity index (χ0n) is 15.0. The molecule has 0 saturated heterocycles. The number of benzene rings is 1. The van der Waals surface area contributed by atoms with Gasteiger partial charge in [0.25, 0.3) is 0 Å². The van der Waals surface area contributed by atoms with E-state index in [2.05, 4.69) is 10.1 Å². The second kappa shape index (κ2) is 9.35. The number of ether oxygens (including phenoxy) is 2. The van der Waals surface area contributed by atoms with Gasteiger partial charge in [-0.2, -0.15) is 8.78 Å². The molecule has 26 heavy (non-hydrogen) atoms. The van der Waals surface area contributed by atoms with Gasteiger partial charge in [-0.05, 0) is 37.0 Å². The van der Waals surface area contributed by atoms with Crippen LogP contribution in [0, 0.1) is 5.92 Å². The van der Waals surface area contributed by atoms with Crippen molar-refractivity contribution in [3.05, 3.63) is 23.8 Å². The van der Waals surface area contributed by atoms with E-state index in [1.54, 1.807) is 24.1 Å². The fraction of sp³-hybridized carbons (Fsp3) is 0.556. The first-order valence-corrected chi connectivity index (χ1v) is 8.54. The molecule has 1 aliphatic carbocycles. The Labute approximate surface area is 151 Å². The first kappa shape index (κ1) is 19.9. The molecule has 1 aromatic rings. The Morgan fingerprint density at radius 3 is 2.65 bits per heavy atom. The standard InChI is InChI=1S/C18H24F2N2O4/c1-22(16(23)4-3-9-21-17(24)13-6-7-13)11-12-5-8-14(26-18(19)20)15(10-12)25-2/h5,8,10,13,18H,3-4,6-7,9,11H2,1-2H3,(H,21,24). The third-order valence-electron chi connectivity index (χ3n) is 4.10. The van der Waals surface area contributed by atoms with E-state index in [-0.39, 0.29) is 29.2 Å². The molecule has 144 valence electrons. The highest BCUT2D eigenvalue weighted by Gasteiger charge is 2.29. The summed E-state index contributed by atoms with van der Waals surface area (Å²) in [5.41, 5.74) is 0.737. The lowest BCUT2D eigenvalue weighted by Gasteiger charge is -2.18. The number of amides is 2. The Kier molecular flexibility index (Phi) is 7.17. The smallest absolute Gasteiger partial charge is 0.387 e. The van der Waals surface area contributed by atoms with Crippen LogP contribution in [-0.2, 0) is 16.1 Å². The molecule has 2 rings (SSSR count). The van der Waals surface area contributed by atoms with E-state index in [1.807, 2.05) is 0 Å². The summed E-state index contributed by atoms with van der Waals surface area (Å²) in [5.74, 6) is 0.319. The third-order valence-corrected chi connectivity index (χ3v) is 4.10. The van der Waals surface area contributed by atoms with Crippen LogP contribution in [0.1, 0.15) is 31.2 Å². The van der Waals surface area contributed by atoms with E-state index in [9.17, 15) is 18.4 Å². The van der Waals surface area contributed by atoms with Crippen molar-refractivity contribution in [2.24, 2.45) is 5.92 Å². The zero-order valence-corrected chi connectivity index (χ0v) is 15.0. The molecule has 1 fully saturated rings. The van der Waals surface area contributed by atoms with Crippen LogP contribution < -0.4 is 14.8 Å². The molecular formula is C18H24F2N2O4. The van der Waals surface area contributed by atoms with Crippen LogP contribution in [0.4, 0.5) is 8.78 Å². The van der Waals surface area contributed by atoms with Crippen molar-refractivity contribution in [1.29, 1.82) is 0 Å². The number of rotatable bonds is 10. The predicted molar refractivity (Wildman–Crippen MR) is 91.1 cm³/mol. The van der Waals surface area contributed by atoms with Gasteiger partial charge in [-0.3, -0.25) is 9.59 Å². The third kappa shape index (κ3) is 6.16. The highest BCUT2D eigenvalue weighted by molar-refractivity contribution is 5.81. The van der Waals surface area contributed by atoms with Crippen molar-refractivity contribution in [2.45, 2.75) is 38.8 Å². The Bertz CT molecular complexity index is 636. The molecular weight excluding hydrogens is 346 g/mol. The van der Waals surface area contributed by atoms with Crippen LogP contribution in [0.2, 0.25) is 0 Å². The van der Waals surface area contributed by atoms with Gasteiger partial charge in [0.1, 0.15) is 0 Å². The van der Waals surface area contributed by atoms with Crippen LogP contribution in [0.5, 0.6) is 11.5 Å². The van der Waals surface area contributed by atoms with Gasteiger partial charge in [0.15, 0.2) is 11.5 Å². The largest absolute Gasteiger partial charge is 0.493 e. The fourth-order valence-electron chi connectivity index (χ4n) is 2.50. The van der Waals surface area contributed by atoms with E-state index in [0.29, 0.717) is 25.9 Å². The number of methoxy groups -OCH3 is 1. The molecule has 0 heterocycles. The van der Waals surface area contributed by atoms with Crippen molar-refractivity contribution in [2.75, 3.05) is 20.7 Å². The minimum atomic E-state index is -2.93. The van der Waals surface area contributed by atoms with E-state index in [1.165, 1.54) is 13.2 Å². The quantitative estimate of drug-likeness (QED) is 0.643. The Morgan fingerprint density at radius 1 is 1.31 bits per heavy atom. The highest BCUT2D eigenvalue weighted by Crippen LogP contribution is 2.30. The maximum absolute atomic E-state index is 12.3. The monoisotopic (exact) mass is 370 g/mol. The SMILES string of the molecule is COc1cc(CN(C)C(=O)CCCNC(=O)C2CC2)ccc1OC(F)F. The lowest BCUT2D eigenvalue weighted by Crippen LogP contribution is -2.29. The molecule has 0 spiro atoms. The maximum Gasteiger partial charge on any atom is 0.387 e. The molecule has 0 bridgehead atoms. The van der Waals surface area contributed by atoms with Crippen LogP contribution in [0.15, 0.2) is 18.2 Å². The molecule has 2 amide bonds. The predicted octanol–water partition coefficient (Wildman–Crippen LogP) is 2.56. The topological polar surface area (TPSA) is 67.9 Å². The Morgan fingerprint density at radius 2 is 2.04 bits per heavy atom. The molecule has 1 saturated carbocycles. The summed E-state index contributed by atoms with van der Waals surface area (Å²) < 4.78 is 34.1. The molecule has 0 atom stereocenters. The molecule has 0 radical (unpaired) electrons. The molecule has 6 nitrogen and oxygen atoms in total. The summed E-state index contributed by atoms with van der Waals surface area (Å²) in [7, 11) is 3.03. The van der Waals surface area contributed by atoms with E-state index in [0.717, 1.165) is 18.4 Å². The van der Waals surface area contributed by atoms with Crippen molar-refractivity contribution in [3.8, 4) is 11.5 Å². The van der Waals surface area contributed by atoms with E-state index >= 15 is 0 Å². The van der Waals surface area contributed by atoms with Crippen molar-refractivity contribution in [1.82, 2.24) is 10.2 Å². The number of hydrogen-bond donors (Lipinski definition) is 1. The van der Waals surface area contributed by atoms with Crippen LogP contribution in [-0.4, -0.2) is 44.0 Å². The molecule has 0 unspecified atom stereocenters. The Hall–Kier alpha value is -2.38. The van der Waals surface area contributed by atoms with Gasteiger partial charge in [0, 0.05) is 32.5 Å². The number of hydrogen-bond acceptors (Lipinski definition) is 4. The summed E-state index contributed by atoms with van der Waals surface area (Å²) in [4.78, 5) is 25.2. The van der Waals surface area contributed by atoms with Crippen LogP contribution in [0.25, 0.3) is 0 Å². The molecule has 1 N–H and O–H groups in total. The first-order valence-electron chi connectivity index (χ1n) is 8.54. The lowest BCUT2D eigenvalue weighted by molar-refractivity contribution is -0.130. The molecule has 0 aromatic heterocycles. The number of alkyl halides is 2. The molecule has 1 aliphatic rings. The summed E-state index contributed by atoms with van der Waals surface area (Å²) in [6, 6.07) is 4.57. The molecule has 0 aliphatic heterocycles. The summed E-state index contributed by atoms with van der Waals surface area (Å²) in [6.45, 7) is -2.12. The molecule has 8 heteroatoms. The van der Waals surface area contributed by atoms with Crippen molar-refractivity contribution in [3.63, 3.8) is 0 Å². The van der Waals surface area contributed by atoms with Gasteiger partial charge in [-0.1, -0.05) is 6.07 Å². The van der Waals surface area contributed by atoms with Crippen molar-refractivity contribution >= 4 is 11.8 Å². The highest BCUT2D eigenvalue weighted by atomic mass is 19.3. The number of carbonyl (C=O) groups is 2. The minimum Gasteiger partial charge on any atom is -0.493 e. The van der Waals surface area contributed by atoms with Crippen molar-refractivity contribution < 1.29 is 27.8 Å². The Balaban J connectivity index is 1.78. The van der Waals surface area contributed by atoms with Gasteiger partial charge in [-0.15, -0.1) is 0 Å². The second-order valence-electron chi connectivity index (χ2n) is 6.28. The normalized spacial score (nSPS) is 13.4. The van der Waals surface area contributed by atoms with E-state index in [4.69, 9.17) is 4.74 Å². The van der Waals surface area contributed by atoms with Crippen LogP contribution in [0.3, 0.4) is 0 Å². The first-order chi connectivity index (χ1) is 12.4. The average molecular weight is 370 g/mol. The van der Waals surface area contributed by atoms with Gasteiger partial charge in [-0.25, -0.2) is 0 Å². The van der Waals surface area contributed by atoms with E-state index < -0.39 is 6.61 Å². The number of halogens is 2. The maximum atomic E-state index is 12.3. The second-order valence-corrected chi connectivity index (χ2v) is 6.28. The number of nitrogens with one attached hydrogen (secondary N) is 1. The summed E-state index contributed by atoms with van der Waals surface area (Å²) in [6.07, 6.45) is 2.81. The van der Waals surface area contributed by atoms with Gasteiger partial charge in [0.05, 0.1) is 7.11 Å². The van der Waals surface area contributed by atoms with Gasteiger partial charge < -0.3 is 19.7 Å². The summed E-state index contributed by atoms with van der Waals surface area (Å²) >= 11 is 0. The fourth-order valence-corrected chi connectivity index (χ4v) is 2.50. The molecule has 1 aromatic carbocycles. The number of nitrogens with zero attached hydrogens (tertiary/aromatic N) is 1. The summed E-state index contributed by atoms with van der Waals surface area (Å²) in [5, 5.41) is 2.82. The zero-order chi connectivity index (χ0) is 19.1. The number of carbonyl (C=O) groups excluding carboxylic acids is 2. The lowest BCUT2D eigenvalue weighted by atomic mass is 10.1. The van der Waals surface area contributed by atoms with Gasteiger partial charge >= 0.3 is 6.61 Å².